The molecule has 0 fully saturated rings. The fourth-order valence-corrected chi connectivity index (χ4v) is 3.35. The van der Waals surface area contributed by atoms with E-state index in [-0.39, 0.29) is 12.2 Å². The van der Waals surface area contributed by atoms with E-state index < -0.39 is 72.1 Å². The van der Waals surface area contributed by atoms with Crippen molar-refractivity contribution >= 4 is 29.7 Å². The Hall–Kier alpha value is -3.67. The summed E-state index contributed by atoms with van der Waals surface area (Å²) >= 11 is 0. The molecule has 0 saturated carbocycles. The lowest BCUT2D eigenvalue weighted by molar-refractivity contribution is -0.144. The number of carboxylic acid groups (broad SMARTS) is 2. The first kappa shape index (κ1) is 30.4. The Morgan fingerprint density at radius 3 is 1.89 bits per heavy atom. The maximum Gasteiger partial charge on any atom is 0.326 e. The van der Waals surface area contributed by atoms with Crippen LogP contribution in [0.3, 0.4) is 0 Å². The van der Waals surface area contributed by atoms with Crippen LogP contribution >= 0.6 is 0 Å². The molecule has 0 radical (unpaired) electrons. The number of phenols is 1. The van der Waals surface area contributed by atoms with Crippen LogP contribution in [0.1, 0.15) is 46.1 Å². The molecular formula is C24H36N4O8. The fraction of sp³-hybridized carbons (Fsp3) is 0.542. The van der Waals surface area contributed by atoms with Gasteiger partial charge in [0, 0.05) is 0 Å². The van der Waals surface area contributed by atoms with Crippen molar-refractivity contribution in [1.82, 2.24) is 16.0 Å². The number of hydrogen-bond acceptors (Lipinski definition) is 7. The zero-order valence-corrected chi connectivity index (χ0v) is 20.9. The zero-order valence-electron chi connectivity index (χ0n) is 20.9. The molecule has 12 nitrogen and oxygen atoms in total. The molecule has 0 spiro atoms. The molecule has 8 N–H and O–H groups in total. The monoisotopic (exact) mass is 508 g/mol. The van der Waals surface area contributed by atoms with E-state index in [1.54, 1.807) is 39.8 Å². The summed E-state index contributed by atoms with van der Waals surface area (Å²) in [5, 5.41) is 35.1. The predicted molar refractivity (Wildman–Crippen MR) is 130 cm³/mol. The number of carbonyl (C=O) groups is 5. The highest BCUT2D eigenvalue weighted by Crippen LogP contribution is 2.13. The van der Waals surface area contributed by atoms with E-state index in [0.717, 1.165) is 0 Å². The Labute approximate surface area is 209 Å². The van der Waals surface area contributed by atoms with Crippen LogP contribution in [0, 0.1) is 11.8 Å². The number of hydrogen-bond donors (Lipinski definition) is 7. The van der Waals surface area contributed by atoms with Gasteiger partial charge in [0.1, 0.15) is 23.9 Å². The van der Waals surface area contributed by atoms with Crippen LogP contribution in [0.5, 0.6) is 5.75 Å². The number of carbonyl (C=O) groups excluding carboxylic acids is 3. The second kappa shape index (κ2) is 14.0. The number of nitrogens with one attached hydrogen (secondary N) is 3. The van der Waals surface area contributed by atoms with Gasteiger partial charge in [-0.2, -0.15) is 0 Å². The predicted octanol–water partition coefficient (Wildman–Crippen LogP) is -0.0222. The van der Waals surface area contributed by atoms with Gasteiger partial charge in [0.15, 0.2) is 0 Å². The van der Waals surface area contributed by atoms with Crippen LogP contribution < -0.4 is 21.7 Å². The molecule has 1 aromatic rings. The first-order valence-electron chi connectivity index (χ1n) is 11.7. The van der Waals surface area contributed by atoms with Gasteiger partial charge in [-0.3, -0.25) is 19.2 Å². The highest BCUT2D eigenvalue weighted by atomic mass is 16.4. The molecule has 0 aliphatic heterocycles. The molecule has 1 rings (SSSR count). The Kier molecular flexibility index (Phi) is 11.8. The van der Waals surface area contributed by atoms with E-state index in [1.165, 1.54) is 12.1 Å². The number of aromatic hydroxyl groups is 1. The van der Waals surface area contributed by atoms with Crippen molar-refractivity contribution in [2.24, 2.45) is 17.6 Å². The molecule has 0 aliphatic carbocycles. The molecule has 0 aromatic heterocycles. The lowest BCUT2D eigenvalue weighted by atomic mass is 9.96. The van der Waals surface area contributed by atoms with E-state index in [9.17, 15) is 39.3 Å². The average molecular weight is 509 g/mol. The fourth-order valence-electron chi connectivity index (χ4n) is 3.35. The summed E-state index contributed by atoms with van der Waals surface area (Å²) < 4.78 is 0. The number of amides is 3. The van der Waals surface area contributed by atoms with E-state index in [1.807, 2.05) is 0 Å². The highest BCUT2D eigenvalue weighted by Gasteiger charge is 2.34. The molecule has 0 aliphatic rings. The molecule has 1 aromatic carbocycles. The first-order valence-corrected chi connectivity index (χ1v) is 11.7. The van der Waals surface area contributed by atoms with Crippen LogP contribution in [0.15, 0.2) is 24.3 Å². The third-order valence-electron chi connectivity index (χ3n) is 5.76. The van der Waals surface area contributed by atoms with Crippen LogP contribution in [0.4, 0.5) is 0 Å². The van der Waals surface area contributed by atoms with Crippen molar-refractivity contribution in [2.45, 2.75) is 71.1 Å². The second-order valence-corrected chi connectivity index (χ2v) is 9.08. The molecule has 5 unspecified atom stereocenters. The maximum absolute atomic E-state index is 13.1. The van der Waals surface area contributed by atoms with Gasteiger partial charge in [-0.25, -0.2) is 4.79 Å². The molecule has 0 heterocycles. The Bertz CT molecular complexity index is 935. The van der Waals surface area contributed by atoms with Gasteiger partial charge < -0.3 is 37.0 Å². The summed E-state index contributed by atoms with van der Waals surface area (Å²) in [6.07, 6.45) is -0.184. The van der Waals surface area contributed by atoms with Gasteiger partial charge in [-0.1, -0.05) is 46.2 Å². The molecule has 5 atom stereocenters. The largest absolute Gasteiger partial charge is 0.508 e. The molecular weight excluding hydrogens is 472 g/mol. The number of benzene rings is 1. The molecule has 200 valence electrons. The normalized spacial score (nSPS) is 15.2. The summed E-state index contributed by atoms with van der Waals surface area (Å²) in [5.41, 5.74) is 6.69. The SMILES string of the molecule is CCC(C)C(NC(=O)C(N)Cc1ccc(O)cc1)C(=O)NC(CC(=O)O)C(=O)NC(C(=O)O)C(C)C. The van der Waals surface area contributed by atoms with Crippen molar-refractivity contribution in [3.05, 3.63) is 29.8 Å². The Balaban J connectivity index is 3.00. The lowest BCUT2D eigenvalue weighted by Gasteiger charge is -2.28. The van der Waals surface area contributed by atoms with Gasteiger partial charge in [0.25, 0.3) is 0 Å². The maximum atomic E-state index is 13.1. The minimum atomic E-state index is -1.57. The van der Waals surface area contributed by atoms with Crippen LogP contribution in [-0.4, -0.2) is 69.1 Å². The van der Waals surface area contributed by atoms with Crippen LogP contribution in [-0.2, 0) is 30.4 Å². The molecule has 0 bridgehead atoms. The topological polar surface area (TPSA) is 208 Å². The highest BCUT2D eigenvalue weighted by molar-refractivity contribution is 5.95. The summed E-state index contributed by atoms with van der Waals surface area (Å²) in [4.78, 5) is 61.2. The standard InChI is InChI=1S/C24H36N4O8/c1-5-13(4)20(28-21(32)16(25)10-14-6-8-15(29)9-7-14)23(34)26-17(11-18(30)31)22(33)27-19(12(2)3)24(35)36/h6-9,12-13,16-17,19-20,29H,5,10-11,25H2,1-4H3,(H,26,34)(H,27,33)(H,28,32)(H,30,31)(H,35,36). The average Bonchev–Trinajstić information content (AvgIpc) is 2.80. The second-order valence-electron chi connectivity index (χ2n) is 9.08. The minimum absolute atomic E-state index is 0.0632. The van der Waals surface area contributed by atoms with Gasteiger partial charge in [0.05, 0.1) is 12.5 Å². The van der Waals surface area contributed by atoms with E-state index in [0.29, 0.717) is 12.0 Å². The van der Waals surface area contributed by atoms with Gasteiger partial charge in [-0.05, 0) is 36.0 Å². The molecule has 36 heavy (non-hydrogen) atoms. The van der Waals surface area contributed by atoms with Crippen molar-refractivity contribution < 1.29 is 39.3 Å². The smallest absolute Gasteiger partial charge is 0.326 e. The number of aliphatic carboxylic acids is 2. The molecule has 3 amide bonds. The summed E-state index contributed by atoms with van der Waals surface area (Å²) in [6, 6.07) is 1.13. The van der Waals surface area contributed by atoms with E-state index in [4.69, 9.17) is 5.73 Å². The van der Waals surface area contributed by atoms with Gasteiger partial charge >= 0.3 is 11.9 Å². The summed E-state index contributed by atoms with van der Waals surface area (Å²) in [7, 11) is 0. The van der Waals surface area contributed by atoms with Gasteiger partial charge in [0.2, 0.25) is 17.7 Å². The first-order chi connectivity index (χ1) is 16.8. The molecule has 12 heteroatoms. The van der Waals surface area contributed by atoms with Gasteiger partial charge in [-0.15, -0.1) is 0 Å². The molecule has 0 saturated heterocycles. The summed E-state index contributed by atoms with van der Waals surface area (Å²) in [6.45, 7) is 6.62. The van der Waals surface area contributed by atoms with Crippen molar-refractivity contribution in [2.75, 3.05) is 0 Å². The number of carboxylic acids is 2. The number of phenolic OH excluding ortho intramolecular Hbond substituents is 1. The van der Waals surface area contributed by atoms with Crippen LogP contribution in [0.2, 0.25) is 0 Å². The third kappa shape index (κ3) is 9.53. The third-order valence-corrected chi connectivity index (χ3v) is 5.76. The van der Waals surface area contributed by atoms with E-state index in [2.05, 4.69) is 16.0 Å². The minimum Gasteiger partial charge on any atom is -0.508 e. The van der Waals surface area contributed by atoms with Crippen molar-refractivity contribution in [3.63, 3.8) is 0 Å². The van der Waals surface area contributed by atoms with Crippen molar-refractivity contribution in [3.8, 4) is 5.75 Å². The Morgan fingerprint density at radius 2 is 1.42 bits per heavy atom. The Morgan fingerprint density at radius 1 is 0.861 bits per heavy atom. The quantitative estimate of drug-likeness (QED) is 0.180. The van der Waals surface area contributed by atoms with Crippen molar-refractivity contribution in [1.29, 1.82) is 0 Å². The van der Waals surface area contributed by atoms with E-state index >= 15 is 0 Å². The number of rotatable bonds is 14. The summed E-state index contributed by atoms with van der Waals surface area (Å²) in [5.74, 6) is -5.90. The zero-order chi connectivity index (χ0) is 27.6. The lowest BCUT2D eigenvalue weighted by Crippen LogP contribution is -2.59. The number of nitrogens with two attached hydrogens (primary N) is 1. The van der Waals surface area contributed by atoms with Crippen LogP contribution in [0.25, 0.3) is 0 Å².